The number of halogens is 1. The van der Waals surface area contributed by atoms with Crippen LogP contribution >= 0.6 is 17.0 Å². The molecule has 11 nitrogen and oxygen atoms in total. The molecule has 0 unspecified atom stereocenters. The number of piperidine rings is 2. The van der Waals surface area contributed by atoms with Crippen molar-refractivity contribution < 1.29 is 29.0 Å². The summed E-state index contributed by atoms with van der Waals surface area (Å²) in [5, 5.41) is 13.5. The van der Waals surface area contributed by atoms with Crippen molar-refractivity contribution in [2.45, 2.75) is 70.6 Å². The van der Waals surface area contributed by atoms with Gasteiger partial charge < -0.3 is 34.6 Å². The minimum atomic E-state index is -0.996. The molecule has 0 bridgehead atoms. The molecule has 4 amide bonds. The van der Waals surface area contributed by atoms with Crippen LogP contribution in [0.2, 0.25) is 0 Å². The number of likely N-dealkylation sites (tertiary alicyclic amines) is 2. The summed E-state index contributed by atoms with van der Waals surface area (Å²) < 4.78 is 11.7. The lowest BCUT2D eigenvalue weighted by molar-refractivity contribution is -0.149. The minimum Gasteiger partial charge on any atom is -0.507 e. The van der Waals surface area contributed by atoms with E-state index in [2.05, 4.69) is 16.3 Å². The van der Waals surface area contributed by atoms with E-state index in [9.17, 15) is 19.5 Å². The summed E-state index contributed by atoms with van der Waals surface area (Å²) in [6.45, 7) is 8.96. The number of anilines is 1. The third kappa shape index (κ3) is 7.54. The topological polar surface area (TPSA) is 115 Å². The molecule has 0 aromatic heterocycles. The molecule has 3 saturated heterocycles. The maximum atomic E-state index is 14.2. The van der Waals surface area contributed by atoms with Gasteiger partial charge in [-0.05, 0) is 67.9 Å². The molecule has 4 aliphatic heterocycles. The van der Waals surface area contributed by atoms with Crippen LogP contribution in [0.3, 0.4) is 0 Å². The number of hydrogen-bond donors (Lipinski definition) is 2. The van der Waals surface area contributed by atoms with E-state index in [-0.39, 0.29) is 41.1 Å². The van der Waals surface area contributed by atoms with Crippen molar-refractivity contribution in [3.05, 3.63) is 58.7 Å². The highest BCUT2D eigenvalue weighted by atomic mass is 79.9. The summed E-state index contributed by atoms with van der Waals surface area (Å²) in [6, 6.07) is 11.5. The Bertz CT molecular complexity index is 1410. The number of para-hydroxylation sites is 1. The maximum absolute atomic E-state index is 14.2. The molecule has 2 aromatic rings. The number of fused-ring (bicyclic) bond motifs is 1. The lowest BCUT2D eigenvalue weighted by Crippen LogP contribution is -2.69. The quantitative estimate of drug-likeness (QED) is 0.440. The Morgan fingerprint density at radius 1 is 0.936 bits per heavy atom. The fourth-order valence-corrected chi connectivity index (χ4v) is 7.63. The average molecular weight is 715 g/mol. The van der Waals surface area contributed by atoms with Gasteiger partial charge in [0.1, 0.15) is 11.4 Å². The van der Waals surface area contributed by atoms with E-state index >= 15 is 0 Å². The number of phenols is 1. The zero-order valence-electron chi connectivity index (χ0n) is 27.5. The van der Waals surface area contributed by atoms with Crippen LogP contribution in [0.5, 0.6) is 5.75 Å². The molecule has 0 spiro atoms. The van der Waals surface area contributed by atoms with Crippen LogP contribution < -0.4 is 5.32 Å². The number of aryl methyl sites for hydroxylation is 2. The fraction of sp³-hybridized carbons (Fsp3) is 0.571. The number of carbonyl (C=O) groups excluding carboxylic acids is 3. The average Bonchev–Trinajstić information content (AvgIpc) is 3.25. The van der Waals surface area contributed by atoms with Crippen LogP contribution in [0.15, 0.2) is 36.4 Å². The summed E-state index contributed by atoms with van der Waals surface area (Å²) in [5.41, 5.74) is 3.65. The first-order valence-corrected chi connectivity index (χ1v) is 16.8. The van der Waals surface area contributed by atoms with Gasteiger partial charge in [-0.2, -0.15) is 0 Å². The van der Waals surface area contributed by atoms with Gasteiger partial charge in [0.15, 0.2) is 6.10 Å². The van der Waals surface area contributed by atoms with Gasteiger partial charge in [-0.1, -0.05) is 30.3 Å². The zero-order valence-corrected chi connectivity index (χ0v) is 29.3. The minimum absolute atomic E-state index is 0. The van der Waals surface area contributed by atoms with Gasteiger partial charge in [0.2, 0.25) is 0 Å². The second kappa shape index (κ2) is 15.3. The predicted octanol–water partition coefficient (Wildman–Crippen LogP) is 4.86. The second-order valence-corrected chi connectivity index (χ2v) is 13.1. The third-order valence-electron chi connectivity index (χ3n) is 10.2. The highest BCUT2D eigenvalue weighted by molar-refractivity contribution is 8.93. The lowest BCUT2D eigenvalue weighted by Gasteiger charge is -2.55. The predicted molar refractivity (Wildman–Crippen MR) is 184 cm³/mol. The Kier molecular flexibility index (Phi) is 11.3. The monoisotopic (exact) mass is 713 g/mol. The standard InChI is InChI=1S/C35H47N5O6.BrH/c1-25-22-27(23-26(2)31(25)41)24-30(46-34(44)38-13-6-3-7-14-38)32(42)37-16-11-35(12-17-37,39-18-20-45-21-19-39)40-15-10-28-8-4-5-9-29(28)36-33(40)43;/h4-5,8-9,22-23,30,41H,3,6-7,10-21,24H2,1-2H3,(H,36,43);1H/t30-;/m1./s1. The summed E-state index contributed by atoms with van der Waals surface area (Å²) in [7, 11) is 0. The summed E-state index contributed by atoms with van der Waals surface area (Å²) >= 11 is 0. The highest BCUT2D eigenvalue weighted by Crippen LogP contribution is 2.36. The van der Waals surface area contributed by atoms with Crippen LogP contribution in [0.25, 0.3) is 0 Å². The number of nitrogens with one attached hydrogen (secondary N) is 1. The van der Waals surface area contributed by atoms with Gasteiger partial charge in [0.25, 0.3) is 5.91 Å². The molecule has 47 heavy (non-hydrogen) atoms. The summed E-state index contributed by atoms with van der Waals surface area (Å²) in [4.78, 5) is 49.2. The Hall–Kier alpha value is -3.35. The number of hydrogen-bond acceptors (Lipinski definition) is 7. The molecule has 12 heteroatoms. The number of nitrogens with zero attached hydrogens (tertiary/aromatic N) is 4. The van der Waals surface area contributed by atoms with Gasteiger partial charge in [-0.15, -0.1) is 17.0 Å². The Labute approximate surface area is 287 Å². The number of rotatable bonds is 6. The molecule has 4 heterocycles. The highest BCUT2D eigenvalue weighted by Gasteiger charge is 2.49. The number of amides is 4. The van der Waals surface area contributed by atoms with Crippen molar-refractivity contribution in [3.8, 4) is 5.75 Å². The van der Waals surface area contributed by atoms with Crippen LogP contribution in [0, 0.1) is 13.8 Å². The van der Waals surface area contributed by atoms with E-state index in [0.717, 1.165) is 53.6 Å². The lowest BCUT2D eigenvalue weighted by atomic mass is 9.91. The largest absolute Gasteiger partial charge is 0.507 e. The molecule has 6 rings (SSSR count). The number of benzene rings is 2. The first-order chi connectivity index (χ1) is 22.2. The first-order valence-electron chi connectivity index (χ1n) is 16.8. The zero-order chi connectivity index (χ0) is 32.3. The van der Waals surface area contributed by atoms with Crippen LogP contribution in [-0.2, 0) is 27.1 Å². The van der Waals surface area contributed by atoms with Crippen molar-refractivity contribution in [2.75, 3.05) is 64.3 Å². The number of ether oxygens (including phenoxy) is 2. The Morgan fingerprint density at radius 2 is 1.60 bits per heavy atom. The molecular weight excluding hydrogens is 666 g/mol. The van der Waals surface area contributed by atoms with Gasteiger partial charge in [0.05, 0.1) is 13.2 Å². The van der Waals surface area contributed by atoms with Crippen LogP contribution in [0.4, 0.5) is 15.3 Å². The molecule has 3 fully saturated rings. The van der Waals surface area contributed by atoms with Gasteiger partial charge in [-0.3, -0.25) is 9.69 Å². The number of urea groups is 1. The van der Waals surface area contributed by atoms with Crippen LogP contribution in [0.1, 0.15) is 54.4 Å². The summed E-state index contributed by atoms with van der Waals surface area (Å²) in [6.07, 6.45) is 3.60. The normalized spacial score (nSPS) is 20.7. The van der Waals surface area contributed by atoms with Crippen molar-refractivity contribution in [2.24, 2.45) is 0 Å². The van der Waals surface area contributed by atoms with Crippen LogP contribution in [-0.4, -0.2) is 114 Å². The third-order valence-corrected chi connectivity index (χ3v) is 10.2. The molecule has 2 N–H and O–H groups in total. The molecule has 0 radical (unpaired) electrons. The molecule has 0 saturated carbocycles. The van der Waals surface area contributed by atoms with Gasteiger partial charge in [0, 0.05) is 70.8 Å². The Morgan fingerprint density at radius 3 is 2.28 bits per heavy atom. The molecule has 4 aliphatic rings. The molecule has 1 atom stereocenters. The number of aromatic hydroxyl groups is 1. The number of morpholine rings is 1. The molecule has 0 aliphatic carbocycles. The van der Waals surface area contributed by atoms with Gasteiger partial charge in [-0.25, -0.2) is 9.59 Å². The van der Waals surface area contributed by atoms with Crippen molar-refractivity contribution in [1.82, 2.24) is 19.6 Å². The van der Waals surface area contributed by atoms with E-state index in [1.165, 1.54) is 0 Å². The molecule has 256 valence electrons. The van der Waals surface area contributed by atoms with Crippen molar-refractivity contribution in [3.63, 3.8) is 0 Å². The smallest absolute Gasteiger partial charge is 0.410 e. The fourth-order valence-electron chi connectivity index (χ4n) is 7.63. The number of phenolic OH excluding ortho intramolecular Hbond substituents is 1. The SMILES string of the molecule is Br.Cc1cc(C[C@@H](OC(=O)N2CCCCC2)C(=O)N2CCC(N3CCOCC3)(N3CCc4ccccc4NC3=O)CC2)cc(C)c1O. The summed E-state index contributed by atoms with van der Waals surface area (Å²) in [5.74, 6) is 0.00473. The van der Waals surface area contributed by atoms with Gasteiger partial charge >= 0.3 is 12.1 Å². The van der Waals surface area contributed by atoms with E-state index in [1.807, 2.05) is 49.1 Å². The molecular formula is C35H48BrN5O6. The number of carbonyl (C=O) groups is 3. The van der Waals surface area contributed by atoms with E-state index in [0.29, 0.717) is 71.9 Å². The van der Waals surface area contributed by atoms with Crippen molar-refractivity contribution in [1.29, 1.82) is 0 Å². The van der Waals surface area contributed by atoms with E-state index < -0.39 is 17.9 Å². The maximum Gasteiger partial charge on any atom is 0.410 e. The van der Waals surface area contributed by atoms with Crippen molar-refractivity contribution >= 4 is 40.7 Å². The first kappa shape index (κ1) is 35.0. The van der Waals surface area contributed by atoms with E-state index in [4.69, 9.17) is 9.47 Å². The molecule has 2 aromatic carbocycles. The van der Waals surface area contributed by atoms with E-state index in [1.54, 1.807) is 9.80 Å². The Balaban J connectivity index is 0.00000433. The second-order valence-electron chi connectivity index (χ2n) is 13.1.